The summed E-state index contributed by atoms with van der Waals surface area (Å²) in [6.07, 6.45) is 10.4. The quantitative estimate of drug-likeness (QED) is 0.176. The van der Waals surface area contributed by atoms with Gasteiger partial charge in [0.1, 0.15) is 5.82 Å². The number of Topliss-reactive ketones (excluding diaryl/α,β-unsaturated/α-hetero) is 1. The minimum Gasteiger partial charge on any atom is -0.356 e. The molecule has 0 bridgehead atoms. The number of pyridine rings is 1. The molecule has 5 aromatic rings. The van der Waals surface area contributed by atoms with Crippen LogP contribution in [0.2, 0.25) is 0 Å². The van der Waals surface area contributed by atoms with Gasteiger partial charge in [-0.1, -0.05) is 54.5 Å². The second-order valence-corrected chi connectivity index (χ2v) is 11.6. The molecule has 0 radical (unpaired) electrons. The molecule has 1 saturated heterocycles. The van der Waals surface area contributed by atoms with Crippen LogP contribution in [0.4, 0.5) is 0 Å². The van der Waals surface area contributed by atoms with Crippen LogP contribution >= 0.6 is 0 Å². The maximum absolute atomic E-state index is 13.2. The SMILES string of the molecule is CCN1CCCC(c2ccc(C(=O)Cc3ccc(C)c(Cc4nccc(-c5cncc(-c6oncc6C)c5)n4)c3)cc2)C1. The van der Waals surface area contributed by atoms with E-state index >= 15 is 0 Å². The lowest BCUT2D eigenvalue weighted by Gasteiger charge is -2.32. The molecular weight excluding hydrogens is 534 g/mol. The Hall–Kier alpha value is -4.49. The molecule has 4 heterocycles. The van der Waals surface area contributed by atoms with Gasteiger partial charge in [0, 0.05) is 60.2 Å². The number of likely N-dealkylation sites (tertiary alicyclic amines) is 1. The van der Waals surface area contributed by atoms with Crippen LogP contribution in [0.1, 0.15) is 69.7 Å². The van der Waals surface area contributed by atoms with E-state index in [1.165, 1.54) is 24.9 Å². The Bertz CT molecular complexity index is 1730. The minimum atomic E-state index is 0.132. The van der Waals surface area contributed by atoms with Crippen molar-refractivity contribution < 1.29 is 9.32 Å². The van der Waals surface area contributed by atoms with E-state index in [0.717, 1.165) is 57.7 Å². The molecule has 43 heavy (non-hydrogen) atoms. The molecule has 3 aromatic heterocycles. The normalized spacial score (nSPS) is 15.5. The molecule has 6 rings (SSSR count). The van der Waals surface area contributed by atoms with Gasteiger partial charge in [0.05, 0.1) is 11.9 Å². The summed E-state index contributed by atoms with van der Waals surface area (Å²) in [7, 11) is 0. The number of hydrogen-bond acceptors (Lipinski definition) is 7. The van der Waals surface area contributed by atoms with E-state index in [4.69, 9.17) is 9.51 Å². The van der Waals surface area contributed by atoms with Crippen molar-refractivity contribution in [1.29, 1.82) is 0 Å². The van der Waals surface area contributed by atoms with Crippen LogP contribution in [0, 0.1) is 13.8 Å². The van der Waals surface area contributed by atoms with Gasteiger partial charge in [-0.25, -0.2) is 9.97 Å². The summed E-state index contributed by atoms with van der Waals surface area (Å²) in [5.41, 5.74) is 8.84. The maximum Gasteiger partial charge on any atom is 0.171 e. The molecule has 1 atom stereocenters. The topological polar surface area (TPSA) is 85.0 Å². The summed E-state index contributed by atoms with van der Waals surface area (Å²) < 4.78 is 5.41. The molecule has 1 aliphatic rings. The van der Waals surface area contributed by atoms with Gasteiger partial charge in [0.15, 0.2) is 11.5 Å². The van der Waals surface area contributed by atoms with Gasteiger partial charge in [-0.2, -0.15) is 0 Å². The predicted molar refractivity (Wildman–Crippen MR) is 168 cm³/mol. The first-order chi connectivity index (χ1) is 21.0. The van der Waals surface area contributed by atoms with Crippen molar-refractivity contribution in [2.24, 2.45) is 0 Å². The average molecular weight is 572 g/mol. The first kappa shape index (κ1) is 28.6. The van der Waals surface area contributed by atoms with Crippen molar-refractivity contribution in [3.05, 3.63) is 119 Å². The van der Waals surface area contributed by atoms with Gasteiger partial charge >= 0.3 is 0 Å². The molecule has 0 spiro atoms. The molecule has 0 aliphatic carbocycles. The van der Waals surface area contributed by atoms with Crippen LogP contribution in [0.5, 0.6) is 0 Å². The maximum atomic E-state index is 13.2. The second kappa shape index (κ2) is 12.8. The van der Waals surface area contributed by atoms with E-state index in [0.29, 0.717) is 30.3 Å². The van der Waals surface area contributed by atoms with Crippen LogP contribution in [0.25, 0.3) is 22.6 Å². The van der Waals surface area contributed by atoms with Crippen molar-refractivity contribution >= 4 is 5.78 Å². The lowest BCUT2D eigenvalue weighted by Crippen LogP contribution is -2.34. The molecule has 1 aliphatic heterocycles. The lowest BCUT2D eigenvalue weighted by atomic mass is 9.89. The highest BCUT2D eigenvalue weighted by molar-refractivity contribution is 5.97. The number of ketones is 1. The Morgan fingerprint density at radius 3 is 2.60 bits per heavy atom. The zero-order valence-electron chi connectivity index (χ0n) is 25.1. The van der Waals surface area contributed by atoms with Gasteiger partial charge in [-0.15, -0.1) is 0 Å². The van der Waals surface area contributed by atoms with E-state index in [2.05, 4.69) is 58.1 Å². The molecule has 7 heteroatoms. The molecule has 0 saturated carbocycles. The summed E-state index contributed by atoms with van der Waals surface area (Å²) in [5.74, 6) is 2.10. The fourth-order valence-corrected chi connectivity index (χ4v) is 5.96. The Balaban J connectivity index is 1.15. The van der Waals surface area contributed by atoms with E-state index in [1.807, 2.05) is 37.3 Å². The zero-order chi connectivity index (χ0) is 29.8. The van der Waals surface area contributed by atoms with Crippen molar-refractivity contribution in [3.63, 3.8) is 0 Å². The van der Waals surface area contributed by atoms with Gasteiger partial charge in [-0.3, -0.25) is 9.78 Å². The Labute approximate surface area is 253 Å². The van der Waals surface area contributed by atoms with Crippen LogP contribution in [0.3, 0.4) is 0 Å². The van der Waals surface area contributed by atoms with E-state index in [-0.39, 0.29) is 5.78 Å². The van der Waals surface area contributed by atoms with Gasteiger partial charge < -0.3 is 9.42 Å². The lowest BCUT2D eigenvalue weighted by molar-refractivity contribution is 0.0993. The number of rotatable bonds is 9. The minimum absolute atomic E-state index is 0.132. The number of piperidine rings is 1. The third kappa shape index (κ3) is 6.62. The smallest absolute Gasteiger partial charge is 0.171 e. The predicted octanol–water partition coefficient (Wildman–Crippen LogP) is 7.03. The first-order valence-corrected chi connectivity index (χ1v) is 15.1. The van der Waals surface area contributed by atoms with Crippen molar-refractivity contribution in [1.82, 2.24) is 25.0 Å². The molecule has 2 aromatic carbocycles. The van der Waals surface area contributed by atoms with E-state index in [1.54, 1.807) is 24.8 Å². The number of aryl methyl sites for hydroxylation is 2. The van der Waals surface area contributed by atoms with E-state index < -0.39 is 0 Å². The highest BCUT2D eigenvalue weighted by atomic mass is 16.5. The van der Waals surface area contributed by atoms with Crippen LogP contribution in [0.15, 0.2) is 83.9 Å². The van der Waals surface area contributed by atoms with Crippen molar-refractivity contribution in [2.45, 2.75) is 52.4 Å². The van der Waals surface area contributed by atoms with Gasteiger partial charge in [0.25, 0.3) is 0 Å². The van der Waals surface area contributed by atoms with Crippen LogP contribution in [-0.4, -0.2) is 50.4 Å². The number of hydrogen-bond donors (Lipinski definition) is 0. The summed E-state index contributed by atoms with van der Waals surface area (Å²) in [4.78, 5) is 29.6. The Morgan fingerprint density at radius 2 is 1.81 bits per heavy atom. The number of nitrogens with zero attached hydrogens (tertiary/aromatic N) is 5. The summed E-state index contributed by atoms with van der Waals surface area (Å²) >= 11 is 0. The second-order valence-electron chi connectivity index (χ2n) is 11.6. The summed E-state index contributed by atoms with van der Waals surface area (Å²) in [6.45, 7) is 9.66. The van der Waals surface area contributed by atoms with Crippen LogP contribution in [-0.2, 0) is 12.8 Å². The zero-order valence-corrected chi connectivity index (χ0v) is 25.1. The van der Waals surface area contributed by atoms with Crippen molar-refractivity contribution in [3.8, 4) is 22.6 Å². The fraction of sp³-hybridized carbons (Fsp3) is 0.306. The van der Waals surface area contributed by atoms with Crippen LogP contribution < -0.4 is 0 Å². The molecule has 7 nitrogen and oxygen atoms in total. The standard InChI is InChI=1S/C36H37N5O2/c1-4-41-15-5-6-29(23-41)27-9-11-28(12-10-27)34(42)17-26-8-7-24(2)30(16-26)19-35-38-14-13-33(40-35)31-18-32(22-37-21-31)36-25(3)20-39-43-36/h7-14,16,18,20-22,29H,4-6,15,17,19,23H2,1-3H3. The Morgan fingerprint density at radius 1 is 0.977 bits per heavy atom. The Kier molecular flexibility index (Phi) is 8.52. The molecule has 1 fully saturated rings. The first-order valence-electron chi connectivity index (χ1n) is 15.1. The molecule has 1 unspecified atom stereocenters. The third-order valence-corrected chi connectivity index (χ3v) is 8.53. The number of carbonyl (C=O) groups excluding carboxylic acids is 1. The fourth-order valence-electron chi connectivity index (χ4n) is 5.96. The highest BCUT2D eigenvalue weighted by Crippen LogP contribution is 2.28. The third-order valence-electron chi connectivity index (χ3n) is 8.53. The number of benzene rings is 2. The van der Waals surface area contributed by atoms with Crippen molar-refractivity contribution in [2.75, 3.05) is 19.6 Å². The molecule has 218 valence electrons. The molecule has 0 amide bonds. The largest absolute Gasteiger partial charge is 0.356 e. The number of carbonyl (C=O) groups is 1. The summed E-state index contributed by atoms with van der Waals surface area (Å²) in [6, 6.07) is 18.5. The number of aromatic nitrogens is 4. The average Bonchev–Trinajstić information content (AvgIpc) is 3.48. The number of likely N-dealkylation sites (N-methyl/N-ethyl adjacent to an activating group) is 1. The molecular formula is C36H37N5O2. The monoisotopic (exact) mass is 571 g/mol. The molecule has 0 N–H and O–H groups in total. The van der Waals surface area contributed by atoms with Gasteiger partial charge in [-0.05, 0) is 80.1 Å². The summed E-state index contributed by atoms with van der Waals surface area (Å²) in [5, 5.41) is 3.89. The van der Waals surface area contributed by atoms with Gasteiger partial charge in [0.2, 0.25) is 0 Å². The van der Waals surface area contributed by atoms with E-state index in [9.17, 15) is 4.79 Å². The highest BCUT2D eigenvalue weighted by Gasteiger charge is 2.20.